The standard InChI is InChI=1S/C16H15Cl2NO3/c1-21-14-5-3-2-4-11(14)9-19-16(20)10-22-15-7-6-12(17)8-13(15)18/h2-8H,9-10H2,1H3,(H,19,20). The lowest BCUT2D eigenvalue weighted by Gasteiger charge is -2.11. The van der Waals surface area contributed by atoms with E-state index in [0.717, 1.165) is 11.3 Å². The van der Waals surface area contributed by atoms with Gasteiger partial charge in [-0.2, -0.15) is 0 Å². The monoisotopic (exact) mass is 339 g/mol. The summed E-state index contributed by atoms with van der Waals surface area (Å²) in [5.41, 5.74) is 0.892. The van der Waals surface area contributed by atoms with Gasteiger partial charge in [0.15, 0.2) is 6.61 Å². The fourth-order valence-electron chi connectivity index (χ4n) is 1.83. The van der Waals surface area contributed by atoms with Gasteiger partial charge in [0, 0.05) is 17.1 Å². The maximum atomic E-state index is 11.8. The molecule has 2 aromatic carbocycles. The summed E-state index contributed by atoms with van der Waals surface area (Å²) >= 11 is 11.8. The van der Waals surface area contributed by atoms with Crippen molar-refractivity contribution in [3.8, 4) is 11.5 Å². The lowest BCUT2D eigenvalue weighted by Crippen LogP contribution is -2.28. The molecule has 0 unspecified atom stereocenters. The van der Waals surface area contributed by atoms with Crippen LogP contribution >= 0.6 is 23.2 Å². The highest BCUT2D eigenvalue weighted by molar-refractivity contribution is 6.35. The van der Waals surface area contributed by atoms with Gasteiger partial charge < -0.3 is 14.8 Å². The lowest BCUT2D eigenvalue weighted by molar-refractivity contribution is -0.123. The summed E-state index contributed by atoms with van der Waals surface area (Å²) in [4.78, 5) is 11.8. The summed E-state index contributed by atoms with van der Waals surface area (Å²) in [6.45, 7) is 0.233. The maximum absolute atomic E-state index is 11.8. The summed E-state index contributed by atoms with van der Waals surface area (Å²) in [5, 5.41) is 3.64. The SMILES string of the molecule is COc1ccccc1CNC(=O)COc1ccc(Cl)cc1Cl. The Morgan fingerprint density at radius 2 is 1.91 bits per heavy atom. The zero-order valence-electron chi connectivity index (χ0n) is 11.9. The molecular formula is C16H15Cl2NO3. The lowest BCUT2D eigenvalue weighted by atomic mass is 10.2. The van der Waals surface area contributed by atoms with Crippen LogP contribution in [0.25, 0.3) is 0 Å². The molecule has 2 aromatic rings. The molecule has 0 spiro atoms. The van der Waals surface area contributed by atoms with E-state index in [1.807, 2.05) is 24.3 Å². The van der Waals surface area contributed by atoms with E-state index < -0.39 is 0 Å². The molecular weight excluding hydrogens is 325 g/mol. The largest absolute Gasteiger partial charge is 0.496 e. The van der Waals surface area contributed by atoms with Gasteiger partial charge in [-0.3, -0.25) is 4.79 Å². The van der Waals surface area contributed by atoms with Crippen molar-refractivity contribution in [3.05, 3.63) is 58.1 Å². The number of ether oxygens (including phenoxy) is 2. The Kier molecular flexibility index (Phi) is 5.92. The van der Waals surface area contributed by atoms with Crippen LogP contribution in [-0.2, 0) is 11.3 Å². The van der Waals surface area contributed by atoms with Crippen molar-refractivity contribution < 1.29 is 14.3 Å². The third kappa shape index (κ3) is 4.55. The zero-order valence-corrected chi connectivity index (χ0v) is 13.4. The van der Waals surface area contributed by atoms with Crippen molar-refractivity contribution in [1.29, 1.82) is 0 Å². The van der Waals surface area contributed by atoms with E-state index in [0.29, 0.717) is 22.3 Å². The number of carbonyl (C=O) groups is 1. The van der Waals surface area contributed by atoms with E-state index in [4.69, 9.17) is 32.7 Å². The molecule has 4 nitrogen and oxygen atoms in total. The van der Waals surface area contributed by atoms with Gasteiger partial charge in [-0.25, -0.2) is 0 Å². The molecule has 116 valence electrons. The molecule has 0 heterocycles. The molecule has 0 radical (unpaired) electrons. The summed E-state index contributed by atoms with van der Waals surface area (Å²) in [5.74, 6) is 0.889. The highest BCUT2D eigenvalue weighted by Gasteiger charge is 2.08. The first-order valence-corrected chi connectivity index (χ1v) is 7.32. The second kappa shape index (κ2) is 7.92. The fourth-order valence-corrected chi connectivity index (χ4v) is 2.29. The molecule has 1 amide bonds. The fraction of sp³-hybridized carbons (Fsp3) is 0.188. The molecule has 6 heteroatoms. The minimum atomic E-state index is -0.253. The van der Waals surface area contributed by atoms with Crippen molar-refractivity contribution >= 4 is 29.1 Å². The minimum Gasteiger partial charge on any atom is -0.496 e. The van der Waals surface area contributed by atoms with E-state index >= 15 is 0 Å². The second-order valence-corrected chi connectivity index (χ2v) is 5.30. The molecule has 0 aromatic heterocycles. The average Bonchev–Trinajstić information content (AvgIpc) is 2.52. The van der Waals surface area contributed by atoms with Crippen molar-refractivity contribution in [2.24, 2.45) is 0 Å². The molecule has 0 aliphatic heterocycles. The number of rotatable bonds is 6. The normalized spacial score (nSPS) is 10.1. The third-order valence-electron chi connectivity index (χ3n) is 2.92. The van der Waals surface area contributed by atoms with E-state index in [1.165, 1.54) is 0 Å². The van der Waals surface area contributed by atoms with Crippen LogP contribution in [0.5, 0.6) is 11.5 Å². The number of para-hydroxylation sites is 1. The van der Waals surface area contributed by atoms with Gasteiger partial charge in [-0.1, -0.05) is 41.4 Å². The summed E-state index contributed by atoms with van der Waals surface area (Å²) in [6, 6.07) is 12.3. The summed E-state index contributed by atoms with van der Waals surface area (Å²) in [7, 11) is 1.59. The number of hydrogen-bond acceptors (Lipinski definition) is 3. The Balaban J connectivity index is 1.85. The predicted molar refractivity (Wildman–Crippen MR) is 86.8 cm³/mol. The van der Waals surface area contributed by atoms with Crippen molar-refractivity contribution in [2.75, 3.05) is 13.7 Å². The second-order valence-electron chi connectivity index (χ2n) is 4.45. The Hall–Kier alpha value is -1.91. The first-order valence-electron chi connectivity index (χ1n) is 6.56. The third-order valence-corrected chi connectivity index (χ3v) is 3.45. The topological polar surface area (TPSA) is 47.6 Å². The van der Waals surface area contributed by atoms with Crippen LogP contribution in [0.4, 0.5) is 0 Å². The van der Waals surface area contributed by atoms with Crippen molar-refractivity contribution in [2.45, 2.75) is 6.54 Å². The molecule has 0 aliphatic carbocycles. The van der Waals surface area contributed by atoms with Crippen molar-refractivity contribution in [3.63, 3.8) is 0 Å². The quantitative estimate of drug-likeness (QED) is 0.872. The molecule has 2 rings (SSSR count). The van der Waals surface area contributed by atoms with E-state index in [9.17, 15) is 4.79 Å². The number of halogens is 2. The number of carbonyl (C=O) groups excluding carboxylic acids is 1. The Morgan fingerprint density at radius 1 is 1.14 bits per heavy atom. The average molecular weight is 340 g/mol. The summed E-state index contributed by atoms with van der Waals surface area (Å²) < 4.78 is 10.6. The van der Waals surface area contributed by atoms with Crippen LogP contribution in [0.3, 0.4) is 0 Å². The van der Waals surface area contributed by atoms with Gasteiger partial charge in [-0.15, -0.1) is 0 Å². The summed E-state index contributed by atoms with van der Waals surface area (Å²) in [6.07, 6.45) is 0. The zero-order chi connectivity index (χ0) is 15.9. The number of amides is 1. The number of hydrogen-bond donors (Lipinski definition) is 1. The smallest absolute Gasteiger partial charge is 0.258 e. The number of methoxy groups -OCH3 is 1. The Labute approximate surface area is 138 Å². The predicted octanol–water partition coefficient (Wildman–Crippen LogP) is 3.70. The van der Waals surface area contributed by atoms with Gasteiger partial charge in [0.25, 0.3) is 5.91 Å². The van der Waals surface area contributed by atoms with Crippen LogP contribution in [0, 0.1) is 0 Å². The molecule has 0 aliphatic rings. The Bertz CT molecular complexity index is 662. The molecule has 22 heavy (non-hydrogen) atoms. The molecule has 0 atom stereocenters. The first kappa shape index (κ1) is 16.5. The van der Waals surface area contributed by atoms with Crippen LogP contribution in [0.1, 0.15) is 5.56 Å². The van der Waals surface area contributed by atoms with E-state index in [1.54, 1.807) is 25.3 Å². The number of benzene rings is 2. The number of nitrogens with one attached hydrogen (secondary N) is 1. The van der Waals surface area contributed by atoms with Crippen LogP contribution in [0.2, 0.25) is 10.0 Å². The van der Waals surface area contributed by atoms with Gasteiger partial charge in [0.05, 0.1) is 12.1 Å². The van der Waals surface area contributed by atoms with Gasteiger partial charge in [0.1, 0.15) is 11.5 Å². The van der Waals surface area contributed by atoms with Gasteiger partial charge in [-0.05, 0) is 24.3 Å². The van der Waals surface area contributed by atoms with Crippen LogP contribution in [-0.4, -0.2) is 19.6 Å². The molecule has 1 N–H and O–H groups in total. The van der Waals surface area contributed by atoms with Gasteiger partial charge in [0.2, 0.25) is 0 Å². The molecule has 0 fully saturated rings. The van der Waals surface area contributed by atoms with E-state index in [-0.39, 0.29) is 12.5 Å². The maximum Gasteiger partial charge on any atom is 0.258 e. The van der Waals surface area contributed by atoms with Crippen molar-refractivity contribution in [1.82, 2.24) is 5.32 Å². The molecule has 0 saturated carbocycles. The van der Waals surface area contributed by atoms with Gasteiger partial charge >= 0.3 is 0 Å². The Morgan fingerprint density at radius 3 is 2.64 bits per heavy atom. The minimum absolute atomic E-state index is 0.128. The van der Waals surface area contributed by atoms with Crippen LogP contribution in [0.15, 0.2) is 42.5 Å². The first-order chi connectivity index (χ1) is 10.6. The van der Waals surface area contributed by atoms with E-state index in [2.05, 4.69) is 5.32 Å². The highest BCUT2D eigenvalue weighted by atomic mass is 35.5. The highest BCUT2D eigenvalue weighted by Crippen LogP contribution is 2.27. The molecule has 0 bridgehead atoms. The molecule has 0 saturated heterocycles. The van der Waals surface area contributed by atoms with Crippen LogP contribution < -0.4 is 14.8 Å².